The molecular formula is C12H16ClF2NO2S. The summed E-state index contributed by atoms with van der Waals surface area (Å²) in [5.74, 6) is -1.53. The molecule has 108 valence electrons. The Hall–Kier alpha value is -0.720. The molecule has 0 aromatic heterocycles. The molecule has 1 aromatic carbocycles. The van der Waals surface area contributed by atoms with Crippen molar-refractivity contribution in [2.45, 2.75) is 37.1 Å². The van der Waals surface area contributed by atoms with Crippen LogP contribution in [0.15, 0.2) is 23.1 Å². The summed E-state index contributed by atoms with van der Waals surface area (Å²) in [6.45, 7) is 3.46. The summed E-state index contributed by atoms with van der Waals surface area (Å²) in [7, 11) is -4.13. The number of sulfonamides is 1. The van der Waals surface area contributed by atoms with Crippen molar-refractivity contribution in [3.8, 4) is 0 Å². The second-order valence-electron chi connectivity index (χ2n) is 4.53. The molecule has 0 fully saturated rings. The van der Waals surface area contributed by atoms with Crippen molar-refractivity contribution >= 4 is 21.6 Å². The van der Waals surface area contributed by atoms with Crippen molar-refractivity contribution in [3.05, 3.63) is 29.8 Å². The lowest BCUT2D eigenvalue weighted by molar-refractivity contribution is 0.389. The standard InChI is InChI=1S/C12H16ClF2NO2S/c1-3-12(2,6-7-13)16-19(17,18)11-8-9(14)4-5-10(11)15/h4-5,8,16H,3,6-7H2,1-2H3. The molecule has 1 rings (SSSR count). The van der Waals surface area contributed by atoms with E-state index in [1.165, 1.54) is 0 Å². The third-order valence-corrected chi connectivity index (χ3v) is 4.83. The first-order valence-corrected chi connectivity index (χ1v) is 7.81. The molecule has 19 heavy (non-hydrogen) atoms. The average Bonchev–Trinajstić information content (AvgIpc) is 2.31. The number of nitrogens with one attached hydrogen (secondary N) is 1. The largest absolute Gasteiger partial charge is 0.244 e. The summed E-state index contributed by atoms with van der Waals surface area (Å²) in [5.41, 5.74) is -0.792. The molecule has 1 unspecified atom stereocenters. The van der Waals surface area contributed by atoms with Crippen molar-refractivity contribution in [2.75, 3.05) is 5.88 Å². The molecule has 1 N–H and O–H groups in total. The molecule has 0 radical (unpaired) electrons. The highest BCUT2D eigenvalue weighted by Crippen LogP contribution is 2.22. The van der Waals surface area contributed by atoms with Crippen LogP contribution in [0.25, 0.3) is 0 Å². The SMILES string of the molecule is CCC(C)(CCCl)NS(=O)(=O)c1cc(F)ccc1F. The van der Waals surface area contributed by atoms with E-state index in [0.717, 1.165) is 12.1 Å². The number of alkyl halides is 1. The predicted molar refractivity (Wildman–Crippen MR) is 70.7 cm³/mol. The molecule has 0 heterocycles. The molecule has 3 nitrogen and oxygen atoms in total. The molecule has 0 bridgehead atoms. The van der Waals surface area contributed by atoms with Crippen LogP contribution in [0.4, 0.5) is 8.78 Å². The Bertz CT molecular complexity index is 551. The van der Waals surface area contributed by atoms with Crippen LogP contribution >= 0.6 is 11.6 Å². The summed E-state index contributed by atoms with van der Waals surface area (Å²) in [5, 5.41) is 0. The quantitative estimate of drug-likeness (QED) is 0.821. The van der Waals surface area contributed by atoms with Gasteiger partial charge in [0.05, 0.1) is 0 Å². The third kappa shape index (κ3) is 4.12. The molecule has 0 amide bonds. The first-order valence-electron chi connectivity index (χ1n) is 5.79. The molecular weight excluding hydrogens is 296 g/mol. The van der Waals surface area contributed by atoms with E-state index >= 15 is 0 Å². The van der Waals surface area contributed by atoms with Crippen molar-refractivity contribution in [1.29, 1.82) is 0 Å². The number of benzene rings is 1. The normalized spacial score (nSPS) is 15.2. The Kier molecular flexibility index (Phi) is 5.29. The van der Waals surface area contributed by atoms with Crippen LogP contribution in [0, 0.1) is 11.6 Å². The lowest BCUT2D eigenvalue weighted by Gasteiger charge is -2.28. The number of halogens is 3. The molecule has 0 aliphatic heterocycles. The lowest BCUT2D eigenvalue weighted by atomic mass is 9.97. The van der Waals surface area contributed by atoms with Gasteiger partial charge in [0, 0.05) is 11.4 Å². The minimum atomic E-state index is -4.13. The minimum absolute atomic E-state index is 0.262. The first-order chi connectivity index (χ1) is 8.74. The topological polar surface area (TPSA) is 46.2 Å². The van der Waals surface area contributed by atoms with E-state index in [4.69, 9.17) is 11.6 Å². The Labute approximate surface area is 117 Å². The zero-order chi connectivity index (χ0) is 14.7. The first kappa shape index (κ1) is 16.3. The molecule has 0 saturated carbocycles. The average molecular weight is 312 g/mol. The summed E-state index contributed by atoms with van der Waals surface area (Å²) in [6, 6.07) is 2.31. The fourth-order valence-corrected chi connectivity index (χ4v) is 3.59. The second kappa shape index (κ2) is 6.15. The zero-order valence-corrected chi connectivity index (χ0v) is 12.3. The van der Waals surface area contributed by atoms with Gasteiger partial charge in [-0.1, -0.05) is 6.92 Å². The lowest BCUT2D eigenvalue weighted by Crippen LogP contribution is -2.45. The van der Waals surface area contributed by atoms with E-state index in [2.05, 4.69) is 4.72 Å². The summed E-state index contributed by atoms with van der Waals surface area (Å²) < 4.78 is 53.2. The highest BCUT2D eigenvalue weighted by atomic mass is 35.5. The molecule has 1 atom stereocenters. The van der Waals surface area contributed by atoms with Crippen LogP contribution in [0.5, 0.6) is 0 Å². The highest BCUT2D eigenvalue weighted by Gasteiger charge is 2.30. The maximum atomic E-state index is 13.5. The third-order valence-electron chi connectivity index (χ3n) is 2.99. The second-order valence-corrected chi connectivity index (χ2v) is 6.56. The molecule has 0 saturated heterocycles. The van der Waals surface area contributed by atoms with Gasteiger partial charge in [-0.05, 0) is 38.0 Å². The van der Waals surface area contributed by atoms with Gasteiger partial charge in [-0.15, -0.1) is 11.6 Å². The predicted octanol–water partition coefficient (Wildman–Crippen LogP) is 3.04. The Balaban J connectivity index is 3.14. The van der Waals surface area contributed by atoms with Gasteiger partial charge >= 0.3 is 0 Å². The molecule has 7 heteroatoms. The van der Waals surface area contributed by atoms with Gasteiger partial charge < -0.3 is 0 Å². The molecule has 0 aliphatic carbocycles. The monoisotopic (exact) mass is 311 g/mol. The van der Waals surface area contributed by atoms with Gasteiger partial charge in [0.1, 0.15) is 16.5 Å². The van der Waals surface area contributed by atoms with Crippen molar-refractivity contribution in [3.63, 3.8) is 0 Å². The van der Waals surface area contributed by atoms with E-state index < -0.39 is 32.1 Å². The van der Waals surface area contributed by atoms with Gasteiger partial charge in [-0.3, -0.25) is 0 Å². The Morgan fingerprint density at radius 3 is 2.53 bits per heavy atom. The molecule has 0 spiro atoms. The Morgan fingerprint density at radius 1 is 1.37 bits per heavy atom. The van der Waals surface area contributed by atoms with Gasteiger partial charge in [0.15, 0.2) is 0 Å². The van der Waals surface area contributed by atoms with Crippen molar-refractivity contribution < 1.29 is 17.2 Å². The van der Waals surface area contributed by atoms with Gasteiger partial charge in [-0.25, -0.2) is 21.9 Å². The summed E-state index contributed by atoms with van der Waals surface area (Å²) in [6.07, 6.45) is 0.872. The molecule has 0 aliphatic rings. The van der Waals surface area contributed by atoms with Crippen molar-refractivity contribution in [2.24, 2.45) is 0 Å². The van der Waals surface area contributed by atoms with Crippen LogP contribution in [-0.2, 0) is 10.0 Å². The zero-order valence-electron chi connectivity index (χ0n) is 10.7. The Morgan fingerprint density at radius 2 is 2.00 bits per heavy atom. The van der Waals surface area contributed by atoms with Gasteiger partial charge in [0.25, 0.3) is 0 Å². The fourth-order valence-electron chi connectivity index (χ4n) is 1.57. The van der Waals surface area contributed by atoms with E-state index in [0.29, 0.717) is 18.9 Å². The van der Waals surface area contributed by atoms with E-state index in [1.54, 1.807) is 13.8 Å². The summed E-state index contributed by atoms with van der Waals surface area (Å²) >= 11 is 5.63. The highest BCUT2D eigenvalue weighted by molar-refractivity contribution is 7.89. The van der Waals surface area contributed by atoms with Crippen molar-refractivity contribution in [1.82, 2.24) is 4.72 Å². The van der Waals surface area contributed by atoms with Crippen LogP contribution < -0.4 is 4.72 Å². The smallest absolute Gasteiger partial charge is 0.207 e. The molecule has 1 aromatic rings. The van der Waals surface area contributed by atoms with Gasteiger partial charge in [0.2, 0.25) is 10.0 Å². The van der Waals surface area contributed by atoms with Gasteiger partial charge in [-0.2, -0.15) is 0 Å². The minimum Gasteiger partial charge on any atom is -0.207 e. The van der Waals surface area contributed by atoms with E-state index in [1.807, 2.05) is 0 Å². The fraction of sp³-hybridized carbons (Fsp3) is 0.500. The van der Waals surface area contributed by atoms with E-state index in [9.17, 15) is 17.2 Å². The number of hydrogen-bond donors (Lipinski definition) is 1. The number of hydrogen-bond acceptors (Lipinski definition) is 2. The number of rotatable bonds is 6. The summed E-state index contributed by atoms with van der Waals surface area (Å²) in [4.78, 5) is -0.693. The maximum absolute atomic E-state index is 13.5. The maximum Gasteiger partial charge on any atom is 0.244 e. The van der Waals surface area contributed by atoms with Crippen LogP contribution in [0.1, 0.15) is 26.7 Å². The van der Waals surface area contributed by atoms with Crippen LogP contribution in [0.3, 0.4) is 0 Å². The van der Waals surface area contributed by atoms with Crippen LogP contribution in [0.2, 0.25) is 0 Å². The van der Waals surface area contributed by atoms with E-state index in [-0.39, 0.29) is 5.88 Å². The van der Waals surface area contributed by atoms with Crippen LogP contribution in [-0.4, -0.2) is 19.8 Å².